The molecule has 2 N–H and O–H groups in total. The van der Waals surface area contributed by atoms with Crippen molar-refractivity contribution in [3.8, 4) is 11.8 Å². The zero-order chi connectivity index (χ0) is 14.6. The van der Waals surface area contributed by atoms with Gasteiger partial charge in [-0.05, 0) is 18.6 Å². The lowest BCUT2D eigenvalue weighted by Gasteiger charge is -2.06. The number of unbranched alkanes of at least 4 members (excludes halogenated alkanes) is 1. The van der Waals surface area contributed by atoms with Crippen molar-refractivity contribution in [3.05, 3.63) is 29.6 Å². The predicted octanol–water partition coefficient (Wildman–Crippen LogP) is 0.972. The lowest BCUT2D eigenvalue weighted by atomic mass is 10.2. The summed E-state index contributed by atoms with van der Waals surface area (Å²) in [5.41, 5.74) is 0.771. The van der Waals surface area contributed by atoms with Crippen molar-refractivity contribution in [2.75, 3.05) is 26.4 Å². The van der Waals surface area contributed by atoms with Crippen LogP contribution in [-0.4, -0.2) is 42.4 Å². The molecule has 0 aromatic carbocycles. The van der Waals surface area contributed by atoms with Crippen molar-refractivity contribution in [3.63, 3.8) is 0 Å². The topological polar surface area (TPSA) is 71.5 Å². The van der Waals surface area contributed by atoms with Crippen LogP contribution in [0.25, 0.3) is 0 Å². The molecule has 0 unspecified atom stereocenters. The van der Waals surface area contributed by atoms with Gasteiger partial charge in [-0.2, -0.15) is 0 Å². The average Bonchev–Trinajstić information content (AvgIpc) is 2.48. The zero-order valence-corrected chi connectivity index (χ0v) is 11.7. The highest BCUT2D eigenvalue weighted by Gasteiger charge is 2.10. The summed E-state index contributed by atoms with van der Waals surface area (Å²) < 4.78 is 5.36. The Balaban J connectivity index is 2.47. The van der Waals surface area contributed by atoms with E-state index in [0.717, 1.165) is 12.8 Å². The summed E-state index contributed by atoms with van der Waals surface area (Å²) in [5.74, 6) is 4.93. The molecule has 108 valence electrons. The van der Waals surface area contributed by atoms with Gasteiger partial charge in [0.2, 0.25) is 0 Å². The molecule has 0 saturated carbocycles. The van der Waals surface area contributed by atoms with E-state index in [-0.39, 0.29) is 18.2 Å². The van der Waals surface area contributed by atoms with Gasteiger partial charge in [0.05, 0.1) is 12.2 Å². The monoisotopic (exact) mass is 276 g/mol. The molecule has 1 rings (SSSR count). The molecule has 1 heterocycles. The highest BCUT2D eigenvalue weighted by Crippen LogP contribution is 2.03. The van der Waals surface area contributed by atoms with Gasteiger partial charge in [0.1, 0.15) is 12.3 Å². The van der Waals surface area contributed by atoms with Crippen molar-refractivity contribution < 1.29 is 14.6 Å². The number of nitrogens with one attached hydrogen (secondary N) is 1. The second kappa shape index (κ2) is 9.96. The van der Waals surface area contributed by atoms with Gasteiger partial charge in [0.15, 0.2) is 0 Å². The molecule has 0 fully saturated rings. The maximum absolute atomic E-state index is 12.0. The fourth-order valence-electron chi connectivity index (χ4n) is 1.49. The first-order valence-corrected chi connectivity index (χ1v) is 6.70. The summed E-state index contributed by atoms with van der Waals surface area (Å²) in [6, 6.07) is 3.40. The van der Waals surface area contributed by atoms with Crippen molar-refractivity contribution in [1.82, 2.24) is 10.3 Å². The van der Waals surface area contributed by atoms with Crippen molar-refractivity contribution in [2.24, 2.45) is 0 Å². The number of aliphatic hydroxyl groups excluding tert-OH is 1. The molecule has 1 aromatic heterocycles. The maximum atomic E-state index is 12.0. The second-order valence-corrected chi connectivity index (χ2v) is 4.08. The van der Waals surface area contributed by atoms with E-state index in [2.05, 4.69) is 29.1 Å². The Morgan fingerprint density at radius 2 is 2.35 bits per heavy atom. The van der Waals surface area contributed by atoms with Crippen LogP contribution in [0.3, 0.4) is 0 Å². The van der Waals surface area contributed by atoms with Gasteiger partial charge in [0, 0.05) is 19.3 Å². The molecular formula is C15H20N2O3. The Morgan fingerprint density at radius 1 is 1.50 bits per heavy atom. The van der Waals surface area contributed by atoms with Gasteiger partial charge in [0.25, 0.3) is 5.91 Å². The third-order valence-corrected chi connectivity index (χ3v) is 2.50. The molecule has 1 amide bonds. The van der Waals surface area contributed by atoms with Crippen molar-refractivity contribution in [2.45, 2.75) is 19.8 Å². The first-order valence-electron chi connectivity index (χ1n) is 6.70. The molecule has 5 nitrogen and oxygen atoms in total. The van der Waals surface area contributed by atoms with Gasteiger partial charge in [-0.1, -0.05) is 25.2 Å². The number of carbonyl (C=O) groups excluding carboxylic acids is 1. The second-order valence-electron chi connectivity index (χ2n) is 4.08. The van der Waals surface area contributed by atoms with Crippen LogP contribution in [0.2, 0.25) is 0 Å². The van der Waals surface area contributed by atoms with E-state index in [9.17, 15) is 4.79 Å². The van der Waals surface area contributed by atoms with Crippen LogP contribution in [0.15, 0.2) is 18.3 Å². The quantitative estimate of drug-likeness (QED) is 0.575. The molecule has 1 aromatic rings. The number of carbonyl (C=O) groups is 1. The number of aromatic nitrogens is 1. The molecule has 0 spiro atoms. The fraction of sp³-hybridized carbons (Fsp3) is 0.467. The summed E-state index contributed by atoms with van der Waals surface area (Å²) in [7, 11) is 0. The number of amides is 1. The van der Waals surface area contributed by atoms with Gasteiger partial charge < -0.3 is 15.2 Å². The Hall–Kier alpha value is -1.90. The van der Waals surface area contributed by atoms with Gasteiger partial charge in [-0.15, -0.1) is 0 Å². The minimum absolute atomic E-state index is 0.249. The predicted molar refractivity (Wildman–Crippen MR) is 76.3 cm³/mol. The minimum atomic E-state index is -0.285. The van der Waals surface area contributed by atoms with E-state index in [1.165, 1.54) is 6.20 Å². The van der Waals surface area contributed by atoms with Crippen LogP contribution in [0.1, 0.15) is 35.8 Å². The summed E-state index contributed by atoms with van der Waals surface area (Å²) in [6.07, 6.45) is 3.65. The zero-order valence-electron chi connectivity index (χ0n) is 11.7. The maximum Gasteiger partial charge on any atom is 0.271 e. The van der Waals surface area contributed by atoms with Gasteiger partial charge in [-0.3, -0.25) is 4.79 Å². The Labute approximate surface area is 119 Å². The third kappa shape index (κ3) is 5.83. The van der Waals surface area contributed by atoms with Crippen LogP contribution in [0.4, 0.5) is 0 Å². The van der Waals surface area contributed by atoms with Gasteiger partial charge in [-0.25, -0.2) is 4.98 Å². The van der Waals surface area contributed by atoms with Gasteiger partial charge >= 0.3 is 0 Å². The van der Waals surface area contributed by atoms with E-state index in [1.807, 2.05) is 0 Å². The fourth-order valence-corrected chi connectivity index (χ4v) is 1.49. The van der Waals surface area contributed by atoms with E-state index >= 15 is 0 Å². The van der Waals surface area contributed by atoms with E-state index in [0.29, 0.717) is 25.3 Å². The lowest BCUT2D eigenvalue weighted by molar-refractivity contribution is 0.0908. The molecule has 0 aliphatic heterocycles. The third-order valence-electron chi connectivity index (χ3n) is 2.50. The van der Waals surface area contributed by atoms with Crippen molar-refractivity contribution in [1.29, 1.82) is 0 Å². The number of ether oxygens (including phenoxy) is 1. The number of hydrogen-bond acceptors (Lipinski definition) is 4. The molecular weight excluding hydrogens is 256 g/mol. The Morgan fingerprint density at radius 3 is 3.10 bits per heavy atom. The number of pyridine rings is 1. The first-order chi connectivity index (χ1) is 9.79. The van der Waals surface area contributed by atoms with Crippen LogP contribution in [0.5, 0.6) is 0 Å². The smallest absolute Gasteiger partial charge is 0.271 e. The molecule has 0 aliphatic carbocycles. The summed E-state index contributed by atoms with van der Waals surface area (Å²) in [6.45, 7) is 3.48. The minimum Gasteiger partial charge on any atom is -0.384 e. The summed E-state index contributed by atoms with van der Waals surface area (Å²) >= 11 is 0. The largest absolute Gasteiger partial charge is 0.384 e. The van der Waals surface area contributed by atoms with Crippen LogP contribution >= 0.6 is 0 Å². The first kappa shape index (κ1) is 16.2. The molecule has 20 heavy (non-hydrogen) atoms. The Kier molecular flexibility index (Phi) is 8.04. The molecule has 5 heteroatoms. The normalized spacial score (nSPS) is 9.70. The summed E-state index contributed by atoms with van der Waals surface area (Å²) in [5, 5.41) is 11.4. The number of nitrogens with zero attached hydrogens (tertiary/aromatic N) is 1. The molecule has 0 aliphatic rings. The summed E-state index contributed by atoms with van der Waals surface area (Å²) in [4.78, 5) is 16.0. The molecule has 0 radical (unpaired) electrons. The Bertz CT molecular complexity index is 477. The SMILES string of the molecule is CCCCOCCNC(=O)c1ncccc1C#CCO. The van der Waals surface area contributed by atoms with Crippen LogP contribution in [-0.2, 0) is 4.74 Å². The average molecular weight is 276 g/mol. The molecule has 0 atom stereocenters. The highest BCUT2D eigenvalue weighted by atomic mass is 16.5. The number of hydrogen-bond donors (Lipinski definition) is 2. The van der Waals surface area contributed by atoms with Crippen LogP contribution in [0, 0.1) is 11.8 Å². The lowest BCUT2D eigenvalue weighted by Crippen LogP contribution is -2.28. The highest BCUT2D eigenvalue weighted by molar-refractivity contribution is 5.94. The number of rotatable bonds is 7. The van der Waals surface area contributed by atoms with Crippen molar-refractivity contribution >= 4 is 5.91 Å². The van der Waals surface area contributed by atoms with E-state index in [1.54, 1.807) is 12.1 Å². The van der Waals surface area contributed by atoms with E-state index < -0.39 is 0 Å². The number of aliphatic hydroxyl groups is 1. The van der Waals surface area contributed by atoms with Crippen LogP contribution < -0.4 is 5.32 Å². The molecule has 0 bridgehead atoms. The molecule has 0 saturated heterocycles. The van der Waals surface area contributed by atoms with E-state index in [4.69, 9.17) is 9.84 Å². The standard InChI is InChI=1S/C15H20N2O3/c1-2-3-11-20-12-9-17-15(19)14-13(7-5-10-18)6-4-8-16-14/h4,6,8,18H,2-3,9-12H2,1H3,(H,17,19).